The molecule has 1 aromatic heterocycles. The number of rotatable bonds is 7. The van der Waals surface area contributed by atoms with Gasteiger partial charge in [-0.1, -0.05) is 55.3 Å². The van der Waals surface area contributed by atoms with E-state index >= 15 is 0 Å². The average molecular weight is 389 g/mol. The lowest BCUT2D eigenvalue weighted by molar-refractivity contribution is -0.121. The van der Waals surface area contributed by atoms with Crippen molar-refractivity contribution in [1.82, 2.24) is 14.9 Å². The molecule has 1 heterocycles. The lowest BCUT2D eigenvalue weighted by atomic mass is 10.1. The van der Waals surface area contributed by atoms with Crippen LogP contribution in [-0.2, 0) is 24.2 Å². The third-order valence-corrected chi connectivity index (χ3v) is 5.70. The summed E-state index contributed by atoms with van der Waals surface area (Å²) in [5, 5.41) is 3.09. The Balaban J connectivity index is 1.53. The van der Waals surface area contributed by atoms with Crippen molar-refractivity contribution < 1.29 is 4.79 Å². The fraction of sp³-hybridized carbons (Fsp3) is 0.375. The molecule has 1 fully saturated rings. The first kappa shape index (κ1) is 19.4. The number of hydrogen-bond donors (Lipinski definition) is 1. The smallest absolute Gasteiger partial charge is 0.272 e. The number of benzene rings is 2. The van der Waals surface area contributed by atoms with Crippen molar-refractivity contribution in [2.24, 2.45) is 0 Å². The highest BCUT2D eigenvalue weighted by atomic mass is 16.1. The number of amides is 1. The van der Waals surface area contributed by atoms with Gasteiger partial charge < -0.3 is 9.88 Å². The van der Waals surface area contributed by atoms with Crippen molar-refractivity contribution in [1.29, 1.82) is 0 Å². The van der Waals surface area contributed by atoms with Gasteiger partial charge in [0, 0.05) is 25.4 Å². The van der Waals surface area contributed by atoms with Gasteiger partial charge >= 0.3 is 0 Å². The zero-order valence-electron chi connectivity index (χ0n) is 16.6. The second-order valence-corrected chi connectivity index (χ2v) is 7.79. The second kappa shape index (κ2) is 9.03. The minimum atomic E-state index is -0.0895. The highest BCUT2D eigenvalue weighted by Gasteiger charge is 2.18. The van der Waals surface area contributed by atoms with E-state index in [2.05, 4.69) is 22.4 Å². The zero-order valence-corrected chi connectivity index (χ0v) is 16.6. The lowest BCUT2D eigenvalue weighted by Gasteiger charge is -2.14. The Bertz CT molecular complexity index is 1040. The molecule has 1 N–H and O–H groups in total. The fourth-order valence-corrected chi connectivity index (χ4v) is 4.12. The van der Waals surface area contributed by atoms with Crippen LogP contribution >= 0.6 is 0 Å². The molecule has 29 heavy (non-hydrogen) atoms. The molecule has 5 heteroatoms. The Morgan fingerprint density at radius 1 is 1.00 bits per heavy atom. The average Bonchev–Trinajstić information content (AvgIpc) is 3.25. The predicted octanol–water partition coefficient (Wildman–Crippen LogP) is 3.63. The largest absolute Gasteiger partial charge is 0.353 e. The molecule has 1 amide bonds. The van der Waals surface area contributed by atoms with Crippen molar-refractivity contribution >= 4 is 16.9 Å². The van der Waals surface area contributed by atoms with E-state index in [4.69, 9.17) is 0 Å². The van der Waals surface area contributed by atoms with Crippen molar-refractivity contribution in [2.45, 2.75) is 57.5 Å². The van der Waals surface area contributed by atoms with E-state index in [-0.39, 0.29) is 11.5 Å². The van der Waals surface area contributed by atoms with Crippen LogP contribution in [0.1, 0.15) is 43.4 Å². The highest BCUT2D eigenvalue weighted by Crippen LogP contribution is 2.18. The van der Waals surface area contributed by atoms with Crippen LogP contribution in [0, 0.1) is 0 Å². The summed E-state index contributed by atoms with van der Waals surface area (Å²) >= 11 is 0. The quantitative estimate of drug-likeness (QED) is 0.671. The topological polar surface area (TPSA) is 64.0 Å². The summed E-state index contributed by atoms with van der Waals surface area (Å²) in [5.74, 6) is 0.0158. The van der Waals surface area contributed by atoms with Gasteiger partial charge in [0.25, 0.3) is 5.56 Å². The monoisotopic (exact) mass is 389 g/mol. The predicted molar refractivity (Wildman–Crippen MR) is 115 cm³/mol. The van der Waals surface area contributed by atoms with Crippen LogP contribution in [0.4, 0.5) is 0 Å². The number of carbonyl (C=O) groups excluding carboxylic acids is 1. The van der Waals surface area contributed by atoms with E-state index < -0.39 is 0 Å². The van der Waals surface area contributed by atoms with Gasteiger partial charge in [0.05, 0.1) is 11.0 Å². The molecule has 0 aliphatic heterocycles. The lowest BCUT2D eigenvalue weighted by Crippen LogP contribution is -2.33. The number of nitrogens with one attached hydrogen (secondary N) is 1. The van der Waals surface area contributed by atoms with Crippen LogP contribution in [0.3, 0.4) is 0 Å². The number of fused-ring (bicyclic) bond motifs is 1. The molecule has 0 bridgehead atoms. The van der Waals surface area contributed by atoms with Gasteiger partial charge in [-0.05, 0) is 37.0 Å². The summed E-state index contributed by atoms with van der Waals surface area (Å²) in [4.78, 5) is 30.0. The fourth-order valence-electron chi connectivity index (χ4n) is 4.12. The van der Waals surface area contributed by atoms with Gasteiger partial charge in [0.15, 0.2) is 0 Å². The number of aromatic nitrogens is 2. The maximum Gasteiger partial charge on any atom is 0.272 e. The van der Waals surface area contributed by atoms with Crippen LogP contribution in [0.15, 0.2) is 59.4 Å². The van der Waals surface area contributed by atoms with Crippen molar-refractivity contribution in [2.75, 3.05) is 0 Å². The molecule has 1 saturated carbocycles. The van der Waals surface area contributed by atoms with E-state index in [1.54, 1.807) is 4.57 Å². The first-order valence-electron chi connectivity index (χ1n) is 10.5. The molecular weight excluding hydrogens is 362 g/mol. The normalized spacial score (nSPS) is 14.3. The minimum absolute atomic E-state index is 0.0158. The maximum absolute atomic E-state index is 13.1. The molecule has 5 nitrogen and oxygen atoms in total. The molecule has 0 saturated heterocycles. The molecule has 3 aromatic rings. The number of nitrogens with zero attached hydrogens (tertiary/aromatic N) is 2. The van der Waals surface area contributed by atoms with Gasteiger partial charge in [-0.15, -0.1) is 0 Å². The van der Waals surface area contributed by atoms with Gasteiger partial charge in [-0.25, -0.2) is 4.98 Å². The summed E-state index contributed by atoms with van der Waals surface area (Å²) in [6.45, 7) is 0.590. The van der Waals surface area contributed by atoms with Crippen molar-refractivity contribution in [3.8, 4) is 0 Å². The minimum Gasteiger partial charge on any atom is -0.353 e. The zero-order chi connectivity index (χ0) is 20.1. The van der Waals surface area contributed by atoms with Crippen LogP contribution in [0.25, 0.3) is 11.0 Å². The standard InChI is InChI=1S/C24H27N3O2/c28-23(25-19-10-4-5-11-19)15-14-21-24(29)27(17-16-18-8-2-1-3-9-18)22-13-7-6-12-20(22)26-21/h1-3,6-9,12-13,19H,4-5,10-11,14-17H2,(H,25,28). The molecule has 1 aliphatic rings. The van der Waals surface area contributed by atoms with Crippen molar-refractivity contribution in [3.05, 3.63) is 76.2 Å². The van der Waals surface area contributed by atoms with Gasteiger partial charge in [-0.2, -0.15) is 0 Å². The first-order valence-corrected chi connectivity index (χ1v) is 10.5. The van der Waals surface area contributed by atoms with E-state index in [0.717, 1.165) is 30.3 Å². The Morgan fingerprint density at radius 3 is 2.52 bits per heavy atom. The molecular formula is C24H27N3O2. The molecule has 2 aromatic carbocycles. The Morgan fingerprint density at radius 2 is 1.72 bits per heavy atom. The molecule has 0 unspecified atom stereocenters. The first-order chi connectivity index (χ1) is 14.2. The Labute approximate surface area is 170 Å². The molecule has 150 valence electrons. The maximum atomic E-state index is 13.1. The number of hydrogen-bond acceptors (Lipinski definition) is 3. The summed E-state index contributed by atoms with van der Waals surface area (Å²) in [7, 11) is 0. The summed E-state index contributed by atoms with van der Waals surface area (Å²) < 4.78 is 1.81. The van der Waals surface area contributed by atoms with Crippen LogP contribution in [0.2, 0.25) is 0 Å². The van der Waals surface area contributed by atoms with Gasteiger partial charge in [0.2, 0.25) is 5.91 Å². The SMILES string of the molecule is O=C(CCc1nc2ccccc2n(CCc2ccccc2)c1=O)NC1CCCC1. The van der Waals surface area contributed by atoms with Crippen LogP contribution in [0.5, 0.6) is 0 Å². The van der Waals surface area contributed by atoms with Crippen LogP contribution < -0.4 is 10.9 Å². The number of carbonyl (C=O) groups is 1. The summed E-state index contributed by atoms with van der Waals surface area (Å²) in [5.41, 5.74) is 3.21. The van der Waals surface area contributed by atoms with E-state index in [1.807, 2.05) is 42.5 Å². The Kier molecular flexibility index (Phi) is 6.03. The van der Waals surface area contributed by atoms with Crippen LogP contribution in [-0.4, -0.2) is 21.5 Å². The Hall–Kier alpha value is -2.95. The van der Waals surface area contributed by atoms with Gasteiger partial charge in [0.1, 0.15) is 5.69 Å². The molecule has 4 rings (SSSR count). The van der Waals surface area contributed by atoms with E-state index in [0.29, 0.717) is 31.1 Å². The number of aryl methyl sites for hydroxylation is 3. The van der Waals surface area contributed by atoms with E-state index in [1.165, 1.54) is 18.4 Å². The molecule has 0 atom stereocenters. The van der Waals surface area contributed by atoms with E-state index in [9.17, 15) is 9.59 Å². The number of para-hydroxylation sites is 2. The third kappa shape index (κ3) is 4.73. The summed E-state index contributed by atoms with van der Waals surface area (Å²) in [6, 6.07) is 18.2. The molecule has 0 radical (unpaired) electrons. The van der Waals surface area contributed by atoms with Crippen molar-refractivity contribution in [3.63, 3.8) is 0 Å². The molecule has 0 spiro atoms. The summed E-state index contributed by atoms with van der Waals surface area (Å²) in [6.07, 6.45) is 5.94. The molecule has 1 aliphatic carbocycles. The van der Waals surface area contributed by atoms with Gasteiger partial charge in [-0.3, -0.25) is 9.59 Å². The highest BCUT2D eigenvalue weighted by molar-refractivity contribution is 5.77. The third-order valence-electron chi connectivity index (χ3n) is 5.70. The second-order valence-electron chi connectivity index (χ2n) is 7.79.